The van der Waals surface area contributed by atoms with Crippen LogP contribution >= 0.6 is 24.8 Å². The van der Waals surface area contributed by atoms with E-state index in [2.05, 4.69) is 10.1 Å². The van der Waals surface area contributed by atoms with Gasteiger partial charge in [0.05, 0.1) is 11.0 Å². The number of aromatic hydroxyl groups is 2. The second kappa shape index (κ2) is 10.7. The first-order valence-electron chi connectivity index (χ1n) is 8.66. The van der Waals surface area contributed by atoms with Crippen molar-refractivity contribution in [2.45, 2.75) is 12.4 Å². The summed E-state index contributed by atoms with van der Waals surface area (Å²) in [4.78, 5) is 12.4. The fraction of sp³-hybridized carbons (Fsp3) is 0.333. The quantitative estimate of drug-likeness (QED) is 0.336. The number of ether oxygens (including phenoxy) is 1. The number of phenols is 2. The van der Waals surface area contributed by atoms with Crippen LogP contribution in [0.1, 0.15) is 17.2 Å². The molecule has 2 aromatic rings. The number of piperazine rings is 1. The van der Waals surface area contributed by atoms with E-state index in [-0.39, 0.29) is 30.6 Å². The van der Waals surface area contributed by atoms with E-state index >= 15 is 0 Å². The van der Waals surface area contributed by atoms with Crippen LogP contribution in [0.3, 0.4) is 0 Å². The van der Waals surface area contributed by atoms with E-state index in [0.717, 1.165) is 18.2 Å². The number of nitrogens with zero attached hydrogens (tertiary/aromatic N) is 2. The first-order valence-corrected chi connectivity index (χ1v) is 8.66. The molecule has 0 aliphatic carbocycles. The van der Waals surface area contributed by atoms with E-state index in [1.807, 2.05) is 4.90 Å². The molecule has 0 spiro atoms. The summed E-state index contributed by atoms with van der Waals surface area (Å²) in [5.41, 5.74) is 0.233. The second-order valence-electron chi connectivity index (χ2n) is 6.47. The molecule has 8 nitrogen and oxygen atoms in total. The van der Waals surface area contributed by atoms with Gasteiger partial charge in [-0.15, -0.1) is 38.0 Å². The van der Waals surface area contributed by atoms with Gasteiger partial charge in [-0.3, -0.25) is 15.0 Å². The van der Waals surface area contributed by atoms with Crippen LogP contribution in [0.25, 0.3) is 0 Å². The molecule has 0 unspecified atom stereocenters. The van der Waals surface area contributed by atoms with Crippen LogP contribution in [0.2, 0.25) is 0 Å². The SMILES string of the molecule is Cl.Cl.O=[N+]([O-])c1cc([C@H](c2ccc(OC(F)(F)F)cc2)N2CCNCC2)cc(O)c1O. The van der Waals surface area contributed by atoms with Crippen LogP contribution < -0.4 is 10.1 Å². The Labute approximate surface area is 187 Å². The van der Waals surface area contributed by atoms with Crippen LogP contribution in [-0.2, 0) is 0 Å². The molecular formula is C18H20Cl2F3N3O5. The summed E-state index contributed by atoms with van der Waals surface area (Å²) < 4.78 is 41.1. The third-order valence-electron chi connectivity index (χ3n) is 4.55. The molecule has 3 rings (SSSR count). The first-order chi connectivity index (χ1) is 13.7. The predicted molar refractivity (Wildman–Crippen MR) is 110 cm³/mol. The van der Waals surface area contributed by atoms with Gasteiger partial charge in [0.1, 0.15) is 5.75 Å². The van der Waals surface area contributed by atoms with Gasteiger partial charge in [0, 0.05) is 32.2 Å². The number of nitrogens with one attached hydrogen (secondary N) is 1. The molecule has 1 heterocycles. The minimum atomic E-state index is -4.82. The second-order valence-corrected chi connectivity index (χ2v) is 6.47. The fourth-order valence-corrected chi connectivity index (χ4v) is 3.33. The maximum absolute atomic E-state index is 12.4. The molecule has 0 saturated carbocycles. The number of rotatable bonds is 5. The molecule has 3 N–H and O–H groups in total. The summed E-state index contributed by atoms with van der Waals surface area (Å²) in [5.74, 6) is -1.88. The summed E-state index contributed by atoms with van der Waals surface area (Å²) in [5, 5.41) is 34.1. The number of phenolic OH excluding ortho intramolecular Hbond substituents is 2. The summed E-state index contributed by atoms with van der Waals surface area (Å²) >= 11 is 0. The van der Waals surface area contributed by atoms with Crippen LogP contribution in [-0.4, -0.2) is 52.6 Å². The highest BCUT2D eigenvalue weighted by Crippen LogP contribution is 2.41. The molecule has 1 atom stereocenters. The number of benzene rings is 2. The first kappa shape index (κ1) is 26.6. The number of nitro groups is 1. The largest absolute Gasteiger partial charge is 0.573 e. The van der Waals surface area contributed by atoms with Crippen molar-refractivity contribution in [3.05, 3.63) is 57.6 Å². The zero-order valence-corrected chi connectivity index (χ0v) is 17.5. The highest BCUT2D eigenvalue weighted by molar-refractivity contribution is 5.85. The maximum atomic E-state index is 12.4. The average Bonchev–Trinajstić information content (AvgIpc) is 2.65. The van der Waals surface area contributed by atoms with E-state index in [1.165, 1.54) is 18.2 Å². The van der Waals surface area contributed by atoms with Gasteiger partial charge in [-0.05, 0) is 29.3 Å². The molecule has 0 amide bonds. The number of nitro benzene ring substituents is 1. The lowest BCUT2D eigenvalue weighted by Crippen LogP contribution is -2.45. The topological polar surface area (TPSA) is 108 Å². The summed E-state index contributed by atoms with van der Waals surface area (Å²) in [6.45, 7) is 2.44. The minimum Gasteiger partial charge on any atom is -0.504 e. The van der Waals surface area contributed by atoms with Gasteiger partial charge < -0.3 is 20.3 Å². The van der Waals surface area contributed by atoms with Gasteiger partial charge >= 0.3 is 12.0 Å². The van der Waals surface area contributed by atoms with Gasteiger partial charge in [-0.1, -0.05) is 12.1 Å². The van der Waals surface area contributed by atoms with Gasteiger partial charge in [-0.25, -0.2) is 0 Å². The lowest BCUT2D eigenvalue weighted by atomic mass is 9.95. The highest BCUT2D eigenvalue weighted by atomic mass is 35.5. The van der Waals surface area contributed by atoms with E-state index in [9.17, 15) is 33.5 Å². The Kier molecular flexibility index (Phi) is 9.18. The van der Waals surface area contributed by atoms with E-state index < -0.39 is 34.5 Å². The Balaban J connectivity index is 0.00000240. The summed E-state index contributed by atoms with van der Waals surface area (Å²) in [7, 11) is 0. The maximum Gasteiger partial charge on any atom is 0.573 e. The molecule has 0 radical (unpaired) electrons. The van der Waals surface area contributed by atoms with Crippen molar-refractivity contribution in [2.24, 2.45) is 0 Å². The standard InChI is InChI=1S/C18H18F3N3O5.2ClH/c19-18(20,21)29-13-3-1-11(2-4-13)16(23-7-5-22-6-8-23)12-9-14(24(27)28)17(26)15(25)10-12;;/h1-4,9-10,16,22,25-26H,5-8H2;2*1H/t16-;;/m0../s1. The fourth-order valence-electron chi connectivity index (χ4n) is 3.33. The number of hydrogen-bond donors (Lipinski definition) is 3. The van der Waals surface area contributed by atoms with E-state index in [0.29, 0.717) is 37.3 Å². The van der Waals surface area contributed by atoms with Crippen molar-refractivity contribution in [3.8, 4) is 17.2 Å². The monoisotopic (exact) mass is 485 g/mol. The average molecular weight is 486 g/mol. The van der Waals surface area contributed by atoms with Crippen LogP contribution in [0.5, 0.6) is 17.2 Å². The lowest BCUT2D eigenvalue weighted by Gasteiger charge is -2.35. The molecule has 1 fully saturated rings. The molecule has 0 bridgehead atoms. The minimum absolute atomic E-state index is 0. The Bertz CT molecular complexity index is 894. The predicted octanol–water partition coefficient (Wildman–Crippen LogP) is 3.74. The third kappa shape index (κ3) is 6.50. The van der Waals surface area contributed by atoms with Crippen molar-refractivity contribution in [1.29, 1.82) is 0 Å². The Morgan fingerprint density at radius 3 is 2.16 bits per heavy atom. The summed E-state index contributed by atoms with van der Waals surface area (Å²) in [6.07, 6.45) is -4.82. The summed E-state index contributed by atoms with van der Waals surface area (Å²) in [6, 6.07) is 6.98. The zero-order chi connectivity index (χ0) is 21.2. The zero-order valence-electron chi connectivity index (χ0n) is 15.8. The van der Waals surface area contributed by atoms with Crippen molar-refractivity contribution in [2.75, 3.05) is 26.2 Å². The van der Waals surface area contributed by atoms with Crippen LogP contribution in [0.4, 0.5) is 18.9 Å². The van der Waals surface area contributed by atoms with Gasteiger partial charge in [-0.2, -0.15) is 0 Å². The van der Waals surface area contributed by atoms with Crippen LogP contribution in [0, 0.1) is 10.1 Å². The lowest BCUT2D eigenvalue weighted by molar-refractivity contribution is -0.386. The Morgan fingerprint density at radius 1 is 1.06 bits per heavy atom. The van der Waals surface area contributed by atoms with Crippen molar-refractivity contribution in [1.82, 2.24) is 10.2 Å². The molecule has 172 valence electrons. The molecule has 1 aliphatic heterocycles. The normalized spacial score (nSPS) is 15.3. The third-order valence-corrected chi connectivity index (χ3v) is 4.55. The molecule has 31 heavy (non-hydrogen) atoms. The number of hydrogen-bond acceptors (Lipinski definition) is 7. The van der Waals surface area contributed by atoms with Crippen molar-refractivity contribution < 1.29 is 33.0 Å². The smallest absolute Gasteiger partial charge is 0.504 e. The van der Waals surface area contributed by atoms with Crippen LogP contribution in [0.15, 0.2) is 36.4 Å². The molecule has 0 aromatic heterocycles. The van der Waals surface area contributed by atoms with Gasteiger partial charge in [0.25, 0.3) is 0 Å². The molecular weight excluding hydrogens is 466 g/mol. The Hall–Kier alpha value is -2.47. The van der Waals surface area contributed by atoms with Gasteiger partial charge in [0.2, 0.25) is 5.75 Å². The van der Waals surface area contributed by atoms with E-state index in [1.54, 1.807) is 0 Å². The Morgan fingerprint density at radius 2 is 1.65 bits per heavy atom. The molecule has 13 heteroatoms. The van der Waals surface area contributed by atoms with Crippen molar-refractivity contribution >= 4 is 30.5 Å². The van der Waals surface area contributed by atoms with Crippen molar-refractivity contribution in [3.63, 3.8) is 0 Å². The number of halogens is 5. The molecule has 1 saturated heterocycles. The molecule has 2 aromatic carbocycles. The van der Waals surface area contributed by atoms with E-state index in [4.69, 9.17) is 0 Å². The van der Waals surface area contributed by atoms with Gasteiger partial charge in [0.15, 0.2) is 5.75 Å². The molecule has 1 aliphatic rings. The highest BCUT2D eigenvalue weighted by Gasteiger charge is 2.32. The number of alkyl halides is 3.